The van der Waals surface area contributed by atoms with Crippen molar-refractivity contribution in [3.05, 3.63) is 59.8 Å². The highest BCUT2D eigenvalue weighted by atomic mass is 16.5. The minimum Gasteiger partial charge on any atom is -0.478 e. The van der Waals surface area contributed by atoms with Crippen molar-refractivity contribution in [1.82, 2.24) is 4.98 Å². The molecule has 0 spiro atoms. The van der Waals surface area contributed by atoms with Crippen molar-refractivity contribution >= 4 is 12.0 Å². The van der Waals surface area contributed by atoms with Crippen molar-refractivity contribution in [2.45, 2.75) is 6.61 Å². The van der Waals surface area contributed by atoms with Crippen LogP contribution in [0.3, 0.4) is 0 Å². The summed E-state index contributed by atoms with van der Waals surface area (Å²) in [5.74, 6) is -0.206. The summed E-state index contributed by atoms with van der Waals surface area (Å²) in [6.07, 6.45) is 4.00. The topological polar surface area (TPSA) is 79.7 Å². The maximum absolute atomic E-state index is 10.5. The number of ether oxygens (including phenoxy) is 1. The third-order valence-corrected chi connectivity index (χ3v) is 2.50. The van der Waals surface area contributed by atoms with E-state index < -0.39 is 5.97 Å². The van der Waals surface area contributed by atoms with E-state index in [1.54, 1.807) is 42.6 Å². The summed E-state index contributed by atoms with van der Waals surface area (Å²) < 4.78 is 5.62. The first-order valence-corrected chi connectivity index (χ1v) is 5.92. The summed E-state index contributed by atoms with van der Waals surface area (Å²) >= 11 is 0. The van der Waals surface area contributed by atoms with E-state index in [0.29, 0.717) is 17.2 Å². The SMILES string of the molecule is O=C(O)/C=C/c1cccnc1Oc1cccc(CO)c1. The Bertz CT molecular complexity index is 637. The molecule has 1 aromatic heterocycles. The molecule has 1 aromatic carbocycles. The number of aliphatic hydroxyl groups is 1. The summed E-state index contributed by atoms with van der Waals surface area (Å²) in [5.41, 5.74) is 1.28. The molecule has 0 saturated heterocycles. The fourth-order valence-corrected chi connectivity index (χ4v) is 1.60. The average molecular weight is 271 g/mol. The van der Waals surface area contributed by atoms with Gasteiger partial charge in [0.1, 0.15) is 5.75 Å². The van der Waals surface area contributed by atoms with Crippen LogP contribution in [0.1, 0.15) is 11.1 Å². The summed E-state index contributed by atoms with van der Waals surface area (Å²) in [5, 5.41) is 17.7. The van der Waals surface area contributed by atoms with Gasteiger partial charge in [-0.3, -0.25) is 0 Å². The first-order valence-electron chi connectivity index (χ1n) is 5.92. The summed E-state index contributed by atoms with van der Waals surface area (Å²) in [6.45, 7) is -0.0782. The third kappa shape index (κ3) is 3.66. The lowest BCUT2D eigenvalue weighted by atomic mass is 10.2. The van der Waals surface area contributed by atoms with Gasteiger partial charge in [0.05, 0.1) is 6.61 Å². The molecule has 0 fully saturated rings. The fraction of sp³-hybridized carbons (Fsp3) is 0.0667. The minimum absolute atomic E-state index is 0.0782. The number of nitrogens with zero attached hydrogens (tertiary/aromatic N) is 1. The Morgan fingerprint density at radius 3 is 2.90 bits per heavy atom. The van der Waals surface area contributed by atoms with Gasteiger partial charge in [0.15, 0.2) is 0 Å². The zero-order valence-electron chi connectivity index (χ0n) is 10.6. The van der Waals surface area contributed by atoms with Gasteiger partial charge in [-0.15, -0.1) is 0 Å². The monoisotopic (exact) mass is 271 g/mol. The van der Waals surface area contributed by atoms with Crippen LogP contribution in [0.4, 0.5) is 0 Å². The van der Waals surface area contributed by atoms with E-state index >= 15 is 0 Å². The van der Waals surface area contributed by atoms with Crippen molar-refractivity contribution in [3.63, 3.8) is 0 Å². The van der Waals surface area contributed by atoms with E-state index in [9.17, 15) is 4.79 Å². The van der Waals surface area contributed by atoms with Gasteiger partial charge in [0, 0.05) is 17.8 Å². The van der Waals surface area contributed by atoms with E-state index in [1.807, 2.05) is 0 Å². The Kier molecular flexibility index (Phi) is 4.47. The molecule has 5 nitrogen and oxygen atoms in total. The lowest BCUT2D eigenvalue weighted by Crippen LogP contribution is -1.93. The molecule has 2 aromatic rings. The molecule has 0 amide bonds. The molecule has 5 heteroatoms. The van der Waals surface area contributed by atoms with E-state index in [-0.39, 0.29) is 6.61 Å². The van der Waals surface area contributed by atoms with Gasteiger partial charge in [0.25, 0.3) is 0 Å². The van der Waals surface area contributed by atoms with Crippen LogP contribution in [-0.4, -0.2) is 21.2 Å². The molecule has 0 aliphatic rings. The number of carboxylic acids is 1. The number of aromatic nitrogens is 1. The molecule has 20 heavy (non-hydrogen) atoms. The number of hydrogen-bond donors (Lipinski definition) is 2. The molecule has 0 radical (unpaired) electrons. The molecule has 2 rings (SSSR count). The number of hydrogen-bond acceptors (Lipinski definition) is 4. The van der Waals surface area contributed by atoms with Gasteiger partial charge in [0.2, 0.25) is 5.88 Å². The van der Waals surface area contributed by atoms with Crippen LogP contribution in [0, 0.1) is 0 Å². The number of rotatable bonds is 5. The van der Waals surface area contributed by atoms with Crippen LogP contribution < -0.4 is 4.74 Å². The first kappa shape index (κ1) is 13.8. The zero-order valence-corrected chi connectivity index (χ0v) is 10.6. The van der Waals surface area contributed by atoms with Crippen LogP contribution in [0.25, 0.3) is 6.08 Å². The number of aliphatic hydroxyl groups excluding tert-OH is 1. The van der Waals surface area contributed by atoms with E-state index in [2.05, 4.69) is 4.98 Å². The molecular formula is C15H13NO4. The Balaban J connectivity index is 2.26. The first-order chi connectivity index (χ1) is 9.69. The Morgan fingerprint density at radius 1 is 1.30 bits per heavy atom. The van der Waals surface area contributed by atoms with E-state index in [1.165, 1.54) is 6.08 Å². The van der Waals surface area contributed by atoms with Crippen molar-refractivity contribution < 1.29 is 19.7 Å². The second kappa shape index (κ2) is 6.49. The van der Waals surface area contributed by atoms with Crippen LogP contribution in [-0.2, 0) is 11.4 Å². The quantitative estimate of drug-likeness (QED) is 0.816. The van der Waals surface area contributed by atoms with E-state index in [0.717, 1.165) is 11.6 Å². The smallest absolute Gasteiger partial charge is 0.328 e. The van der Waals surface area contributed by atoms with Gasteiger partial charge in [-0.1, -0.05) is 12.1 Å². The Morgan fingerprint density at radius 2 is 2.15 bits per heavy atom. The standard InChI is InChI=1S/C15H13NO4/c17-10-11-3-1-5-13(9-11)20-15-12(4-2-8-16-15)6-7-14(18)19/h1-9,17H,10H2,(H,18,19)/b7-6+. The molecule has 0 bridgehead atoms. The number of benzene rings is 1. The predicted molar refractivity (Wildman–Crippen MR) is 73.3 cm³/mol. The summed E-state index contributed by atoms with van der Waals surface area (Å²) in [6, 6.07) is 10.4. The molecular weight excluding hydrogens is 258 g/mol. The third-order valence-electron chi connectivity index (χ3n) is 2.50. The normalized spacial score (nSPS) is 10.7. The van der Waals surface area contributed by atoms with Crippen LogP contribution in [0.15, 0.2) is 48.7 Å². The second-order valence-corrected chi connectivity index (χ2v) is 3.98. The van der Waals surface area contributed by atoms with Crippen molar-refractivity contribution in [3.8, 4) is 11.6 Å². The van der Waals surface area contributed by atoms with Crippen LogP contribution in [0.5, 0.6) is 11.6 Å². The van der Waals surface area contributed by atoms with Gasteiger partial charge in [-0.25, -0.2) is 9.78 Å². The lowest BCUT2D eigenvalue weighted by Gasteiger charge is -2.08. The Labute approximate surface area is 115 Å². The zero-order chi connectivity index (χ0) is 14.4. The van der Waals surface area contributed by atoms with E-state index in [4.69, 9.17) is 14.9 Å². The largest absolute Gasteiger partial charge is 0.478 e. The lowest BCUT2D eigenvalue weighted by molar-refractivity contribution is -0.131. The number of pyridine rings is 1. The molecule has 0 aliphatic heterocycles. The van der Waals surface area contributed by atoms with Gasteiger partial charge in [-0.05, 0) is 35.9 Å². The van der Waals surface area contributed by atoms with Gasteiger partial charge < -0.3 is 14.9 Å². The van der Waals surface area contributed by atoms with Crippen LogP contribution >= 0.6 is 0 Å². The summed E-state index contributed by atoms with van der Waals surface area (Å²) in [4.78, 5) is 14.6. The van der Waals surface area contributed by atoms with Crippen molar-refractivity contribution in [2.24, 2.45) is 0 Å². The molecule has 0 unspecified atom stereocenters. The maximum atomic E-state index is 10.5. The second-order valence-electron chi connectivity index (χ2n) is 3.98. The van der Waals surface area contributed by atoms with Crippen LogP contribution in [0.2, 0.25) is 0 Å². The average Bonchev–Trinajstić information content (AvgIpc) is 2.46. The highest BCUT2D eigenvalue weighted by Gasteiger charge is 2.04. The highest BCUT2D eigenvalue weighted by Crippen LogP contribution is 2.24. The van der Waals surface area contributed by atoms with Gasteiger partial charge >= 0.3 is 5.97 Å². The molecule has 0 aliphatic carbocycles. The minimum atomic E-state index is -1.04. The number of carbonyl (C=O) groups is 1. The number of carboxylic acid groups (broad SMARTS) is 1. The maximum Gasteiger partial charge on any atom is 0.328 e. The predicted octanol–water partition coefficient (Wildman–Crippen LogP) is 2.46. The number of aliphatic carboxylic acids is 1. The molecule has 102 valence electrons. The molecule has 2 N–H and O–H groups in total. The molecule has 1 heterocycles. The van der Waals surface area contributed by atoms with Gasteiger partial charge in [-0.2, -0.15) is 0 Å². The van der Waals surface area contributed by atoms with Crippen molar-refractivity contribution in [2.75, 3.05) is 0 Å². The van der Waals surface area contributed by atoms with Crippen molar-refractivity contribution in [1.29, 1.82) is 0 Å². The fourth-order valence-electron chi connectivity index (χ4n) is 1.60. The highest BCUT2D eigenvalue weighted by molar-refractivity contribution is 5.85. The molecule has 0 atom stereocenters. The molecule has 0 saturated carbocycles. The Hall–Kier alpha value is -2.66. The summed E-state index contributed by atoms with van der Waals surface area (Å²) in [7, 11) is 0.